The molecule has 132 valence electrons. The fourth-order valence-electron chi connectivity index (χ4n) is 3.25. The highest BCUT2D eigenvalue weighted by molar-refractivity contribution is 6.33. The minimum absolute atomic E-state index is 0.154. The van der Waals surface area contributed by atoms with Crippen molar-refractivity contribution in [1.82, 2.24) is 14.8 Å². The molecule has 0 atom stereocenters. The number of anilines is 1. The van der Waals surface area contributed by atoms with Crippen LogP contribution in [0.3, 0.4) is 0 Å². The lowest BCUT2D eigenvalue weighted by Gasteiger charge is -2.34. The normalized spacial score (nSPS) is 16.1. The summed E-state index contributed by atoms with van der Waals surface area (Å²) in [4.78, 5) is 1.75. The summed E-state index contributed by atoms with van der Waals surface area (Å²) in [5, 5.41) is 17.4. The number of halogens is 4. The van der Waals surface area contributed by atoms with Crippen molar-refractivity contribution >= 4 is 17.3 Å². The number of hydrogen-bond donors (Lipinski definition) is 0. The van der Waals surface area contributed by atoms with E-state index in [1.807, 2.05) is 11.6 Å². The fourth-order valence-corrected chi connectivity index (χ4v) is 3.52. The maximum Gasteiger partial charge on any atom is 0.417 e. The lowest BCUT2D eigenvalue weighted by atomic mass is 9.94. The minimum atomic E-state index is -4.60. The molecule has 1 aromatic carbocycles. The van der Waals surface area contributed by atoms with Crippen LogP contribution in [0.2, 0.25) is 5.02 Å². The Labute approximate surface area is 147 Å². The number of piperidine rings is 1. The summed E-state index contributed by atoms with van der Waals surface area (Å²) >= 11 is 6.14. The number of nitrogens with zero attached hydrogens (tertiary/aromatic N) is 5. The van der Waals surface area contributed by atoms with Crippen molar-refractivity contribution in [2.45, 2.75) is 24.9 Å². The first-order valence-corrected chi connectivity index (χ1v) is 8.09. The molecule has 0 N–H and O–H groups in total. The zero-order chi connectivity index (χ0) is 18.2. The molecule has 1 aromatic heterocycles. The molecule has 1 fully saturated rings. The number of nitriles is 1. The maximum absolute atomic E-state index is 13.2. The Kier molecular flexibility index (Phi) is 4.60. The lowest BCUT2D eigenvalue weighted by Crippen LogP contribution is -2.34. The van der Waals surface area contributed by atoms with Crippen molar-refractivity contribution in [3.05, 3.63) is 40.4 Å². The molecule has 0 saturated carbocycles. The van der Waals surface area contributed by atoms with Crippen LogP contribution in [-0.4, -0.2) is 27.9 Å². The Morgan fingerprint density at radius 3 is 2.48 bits per heavy atom. The summed E-state index contributed by atoms with van der Waals surface area (Å²) in [6.45, 7) is 0.987. The summed E-state index contributed by atoms with van der Waals surface area (Å²) in [5.41, 5.74) is -1.21. The van der Waals surface area contributed by atoms with Gasteiger partial charge in [-0.2, -0.15) is 18.4 Å². The van der Waals surface area contributed by atoms with Crippen LogP contribution in [0.1, 0.15) is 35.7 Å². The predicted molar refractivity (Wildman–Crippen MR) is 86.4 cm³/mol. The zero-order valence-electron chi connectivity index (χ0n) is 13.4. The van der Waals surface area contributed by atoms with E-state index >= 15 is 0 Å². The Bertz CT molecular complexity index is 816. The molecule has 5 nitrogen and oxygen atoms in total. The quantitative estimate of drug-likeness (QED) is 0.809. The van der Waals surface area contributed by atoms with Gasteiger partial charge < -0.3 is 9.47 Å². The van der Waals surface area contributed by atoms with Crippen LogP contribution in [0.5, 0.6) is 0 Å². The van der Waals surface area contributed by atoms with E-state index in [1.54, 1.807) is 17.3 Å². The van der Waals surface area contributed by atoms with E-state index in [4.69, 9.17) is 11.6 Å². The molecular weight excluding hydrogens is 355 g/mol. The standard InChI is InChI=1S/C16H15ClF3N5/c1-24-9-22-23-15(24)10-4-6-25(7-5-10)14-11(8-21)12(16(18,19)20)2-3-13(14)17/h2-3,9-10H,4-7H2,1H3. The Hall–Kier alpha value is -2.27. The molecule has 0 radical (unpaired) electrons. The summed E-state index contributed by atoms with van der Waals surface area (Å²) in [7, 11) is 1.86. The third kappa shape index (κ3) is 3.29. The number of aryl methyl sites for hydroxylation is 1. The molecule has 1 saturated heterocycles. The number of aromatic nitrogens is 3. The molecule has 3 rings (SSSR count). The smallest absolute Gasteiger partial charge is 0.369 e. The van der Waals surface area contributed by atoms with Crippen LogP contribution in [0.15, 0.2) is 18.5 Å². The lowest BCUT2D eigenvalue weighted by molar-refractivity contribution is -0.137. The summed E-state index contributed by atoms with van der Waals surface area (Å²) in [6.07, 6.45) is -1.57. The van der Waals surface area contributed by atoms with E-state index < -0.39 is 17.3 Å². The molecule has 1 aliphatic heterocycles. The van der Waals surface area contributed by atoms with Gasteiger partial charge in [-0.15, -0.1) is 10.2 Å². The summed E-state index contributed by atoms with van der Waals surface area (Å²) < 4.78 is 41.4. The number of rotatable bonds is 2. The Morgan fingerprint density at radius 2 is 1.96 bits per heavy atom. The molecule has 9 heteroatoms. The maximum atomic E-state index is 13.2. The first-order chi connectivity index (χ1) is 11.8. The fraction of sp³-hybridized carbons (Fsp3) is 0.438. The van der Waals surface area contributed by atoms with Crippen molar-refractivity contribution in [2.24, 2.45) is 7.05 Å². The van der Waals surface area contributed by atoms with Gasteiger partial charge in [0, 0.05) is 26.1 Å². The first-order valence-electron chi connectivity index (χ1n) is 7.71. The number of hydrogen-bond acceptors (Lipinski definition) is 4. The van der Waals surface area contributed by atoms with E-state index in [0.29, 0.717) is 25.9 Å². The predicted octanol–water partition coefficient (Wildman–Crippen LogP) is 3.74. The molecule has 0 bridgehead atoms. The van der Waals surface area contributed by atoms with Gasteiger partial charge in [-0.25, -0.2) is 0 Å². The van der Waals surface area contributed by atoms with Crippen LogP contribution >= 0.6 is 11.6 Å². The second-order valence-corrected chi connectivity index (χ2v) is 6.40. The minimum Gasteiger partial charge on any atom is -0.369 e. The van der Waals surface area contributed by atoms with Crippen LogP contribution in [-0.2, 0) is 13.2 Å². The van der Waals surface area contributed by atoms with Gasteiger partial charge >= 0.3 is 6.18 Å². The van der Waals surface area contributed by atoms with Crippen LogP contribution in [0.25, 0.3) is 0 Å². The molecule has 25 heavy (non-hydrogen) atoms. The van der Waals surface area contributed by atoms with Crippen molar-refractivity contribution < 1.29 is 13.2 Å². The summed E-state index contributed by atoms with van der Waals surface area (Å²) in [5.74, 6) is 1.04. The molecule has 2 aromatic rings. The molecule has 2 heterocycles. The largest absolute Gasteiger partial charge is 0.417 e. The average Bonchev–Trinajstić information content (AvgIpc) is 2.99. The summed E-state index contributed by atoms with van der Waals surface area (Å²) in [6, 6.07) is 3.75. The second-order valence-electron chi connectivity index (χ2n) is 5.99. The highest BCUT2D eigenvalue weighted by Gasteiger charge is 2.36. The molecular formula is C16H15ClF3N5. The third-order valence-electron chi connectivity index (χ3n) is 4.47. The van der Waals surface area contributed by atoms with Crippen LogP contribution in [0, 0.1) is 11.3 Å². The van der Waals surface area contributed by atoms with Gasteiger partial charge in [-0.3, -0.25) is 0 Å². The third-order valence-corrected chi connectivity index (χ3v) is 4.77. The second kappa shape index (κ2) is 6.56. The van der Waals surface area contributed by atoms with E-state index in [9.17, 15) is 18.4 Å². The van der Waals surface area contributed by atoms with E-state index in [0.717, 1.165) is 11.9 Å². The first kappa shape index (κ1) is 17.5. The number of benzene rings is 1. The van der Waals surface area contributed by atoms with E-state index in [1.165, 1.54) is 6.07 Å². The van der Waals surface area contributed by atoms with Crippen LogP contribution in [0.4, 0.5) is 18.9 Å². The van der Waals surface area contributed by atoms with Crippen molar-refractivity contribution in [3.63, 3.8) is 0 Å². The molecule has 0 amide bonds. The van der Waals surface area contributed by atoms with E-state index in [2.05, 4.69) is 10.2 Å². The topological polar surface area (TPSA) is 57.7 Å². The highest BCUT2D eigenvalue weighted by atomic mass is 35.5. The molecule has 0 aliphatic carbocycles. The number of alkyl halides is 3. The van der Waals surface area contributed by atoms with Gasteiger partial charge in [0.25, 0.3) is 0 Å². The zero-order valence-corrected chi connectivity index (χ0v) is 14.1. The highest BCUT2D eigenvalue weighted by Crippen LogP contribution is 2.41. The van der Waals surface area contributed by atoms with Crippen molar-refractivity contribution in [2.75, 3.05) is 18.0 Å². The Morgan fingerprint density at radius 1 is 1.28 bits per heavy atom. The van der Waals surface area contributed by atoms with Gasteiger partial charge in [0.05, 0.1) is 21.8 Å². The SMILES string of the molecule is Cn1cnnc1C1CCN(c2c(Cl)ccc(C(F)(F)F)c2C#N)CC1. The van der Waals surface area contributed by atoms with Gasteiger partial charge in [-0.1, -0.05) is 11.6 Å². The Balaban J connectivity index is 1.89. The van der Waals surface area contributed by atoms with Gasteiger partial charge in [0.2, 0.25) is 0 Å². The monoisotopic (exact) mass is 369 g/mol. The average molecular weight is 370 g/mol. The van der Waals surface area contributed by atoms with Crippen LogP contribution < -0.4 is 4.90 Å². The van der Waals surface area contributed by atoms with Gasteiger partial charge in [0.1, 0.15) is 18.2 Å². The van der Waals surface area contributed by atoms with Gasteiger partial charge in [-0.05, 0) is 25.0 Å². The van der Waals surface area contributed by atoms with E-state index in [-0.39, 0.29) is 16.6 Å². The van der Waals surface area contributed by atoms with Crippen molar-refractivity contribution in [3.8, 4) is 6.07 Å². The molecule has 1 aliphatic rings. The van der Waals surface area contributed by atoms with Crippen molar-refractivity contribution in [1.29, 1.82) is 5.26 Å². The molecule has 0 spiro atoms. The van der Waals surface area contributed by atoms with Gasteiger partial charge in [0.15, 0.2) is 0 Å². The molecule has 0 unspecified atom stereocenters.